The van der Waals surface area contributed by atoms with Gasteiger partial charge in [0.05, 0.1) is 5.02 Å². The van der Waals surface area contributed by atoms with E-state index in [1.165, 1.54) is 11.3 Å². The molecule has 0 aliphatic heterocycles. The summed E-state index contributed by atoms with van der Waals surface area (Å²) in [5.41, 5.74) is 1.57. The Bertz CT molecular complexity index is 1110. The van der Waals surface area contributed by atoms with Crippen LogP contribution in [-0.2, 0) is 4.79 Å². The van der Waals surface area contributed by atoms with Crippen LogP contribution in [0.3, 0.4) is 0 Å². The lowest BCUT2D eigenvalue weighted by atomic mass is 10.2. The number of rotatable bonds is 5. The molecule has 1 unspecified atom stereocenters. The van der Waals surface area contributed by atoms with Crippen molar-refractivity contribution in [2.45, 2.75) is 13.0 Å². The Morgan fingerprint density at radius 3 is 2.71 bits per heavy atom. The van der Waals surface area contributed by atoms with Gasteiger partial charge < -0.3 is 10.1 Å². The smallest absolute Gasteiger partial charge is 0.265 e. The van der Waals surface area contributed by atoms with Crippen molar-refractivity contribution in [3.05, 3.63) is 58.8 Å². The number of halogens is 2. The maximum absolute atomic E-state index is 12.4. The Labute approximate surface area is 173 Å². The van der Waals surface area contributed by atoms with Crippen LogP contribution in [0.15, 0.2) is 48.8 Å². The van der Waals surface area contributed by atoms with E-state index in [1.807, 2.05) is 12.1 Å². The highest BCUT2D eigenvalue weighted by Gasteiger charge is 2.17. The average Bonchev–Trinajstić information content (AvgIpc) is 3.26. The lowest BCUT2D eigenvalue weighted by molar-refractivity contribution is -0.122. The van der Waals surface area contributed by atoms with Crippen LogP contribution in [0.25, 0.3) is 15.5 Å². The van der Waals surface area contributed by atoms with Gasteiger partial charge in [-0.3, -0.25) is 4.79 Å². The van der Waals surface area contributed by atoms with Crippen molar-refractivity contribution >= 4 is 51.1 Å². The minimum Gasteiger partial charge on any atom is -0.479 e. The number of aromatic nitrogens is 4. The summed E-state index contributed by atoms with van der Waals surface area (Å²) >= 11 is 13.4. The monoisotopic (exact) mass is 433 g/mol. The highest BCUT2D eigenvalue weighted by molar-refractivity contribution is 7.19. The van der Waals surface area contributed by atoms with Crippen molar-refractivity contribution in [3.8, 4) is 16.3 Å². The fourth-order valence-electron chi connectivity index (χ4n) is 2.43. The highest BCUT2D eigenvalue weighted by Crippen LogP contribution is 2.29. The first-order chi connectivity index (χ1) is 13.5. The molecule has 4 aromatic rings. The normalized spacial score (nSPS) is 12.1. The van der Waals surface area contributed by atoms with Gasteiger partial charge in [0.2, 0.25) is 4.96 Å². The molecule has 4 rings (SSSR count). The SMILES string of the molecule is CC(Oc1ccc(Cl)cc1Cl)C(=O)Nc1ccc(-c2nn3cnnc3s2)cc1. The van der Waals surface area contributed by atoms with Gasteiger partial charge in [0.25, 0.3) is 5.91 Å². The highest BCUT2D eigenvalue weighted by atomic mass is 35.5. The Kier molecular flexibility index (Phi) is 5.17. The fraction of sp³-hybridized carbons (Fsp3) is 0.111. The molecule has 0 saturated carbocycles. The van der Waals surface area contributed by atoms with Crippen molar-refractivity contribution in [2.24, 2.45) is 0 Å². The predicted molar refractivity (Wildman–Crippen MR) is 109 cm³/mol. The first-order valence-electron chi connectivity index (χ1n) is 8.19. The number of amides is 1. The van der Waals surface area contributed by atoms with Crippen LogP contribution in [0.4, 0.5) is 5.69 Å². The first-order valence-corrected chi connectivity index (χ1v) is 9.77. The number of ether oxygens (including phenoxy) is 1. The van der Waals surface area contributed by atoms with E-state index >= 15 is 0 Å². The van der Waals surface area contributed by atoms with Gasteiger partial charge in [0.1, 0.15) is 17.1 Å². The second kappa shape index (κ2) is 7.75. The third kappa shape index (κ3) is 3.94. The third-order valence-corrected chi connectivity index (χ3v) is 5.35. The third-order valence-electron chi connectivity index (χ3n) is 3.85. The Balaban J connectivity index is 1.41. The molecule has 10 heteroatoms. The molecule has 0 saturated heterocycles. The van der Waals surface area contributed by atoms with Crippen molar-refractivity contribution in [3.63, 3.8) is 0 Å². The minimum absolute atomic E-state index is 0.294. The Morgan fingerprint density at radius 1 is 1.21 bits per heavy atom. The van der Waals surface area contributed by atoms with Crippen LogP contribution in [0.5, 0.6) is 5.75 Å². The number of nitrogens with one attached hydrogen (secondary N) is 1. The summed E-state index contributed by atoms with van der Waals surface area (Å²) in [6.07, 6.45) is 0.815. The summed E-state index contributed by atoms with van der Waals surface area (Å²) in [4.78, 5) is 13.1. The first kappa shape index (κ1) is 18.7. The van der Waals surface area contributed by atoms with Crippen LogP contribution in [-0.4, -0.2) is 31.8 Å². The summed E-state index contributed by atoms with van der Waals surface area (Å²) in [6, 6.07) is 12.2. The molecule has 1 N–H and O–H groups in total. The summed E-state index contributed by atoms with van der Waals surface area (Å²) in [5.74, 6) is 0.102. The standard InChI is InChI=1S/C18H13Cl2N5O2S/c1-10(27-15-7-4-12(19)8-14(15)20)16(26)22-13-5-2-11(3-6-13)17-24-25-9-21-23-18(25)28-17/h2-10H,1H3,(H,22,26). The lowest BCUT2D eigenvalue weighted by Gasteiger charge is -2.16. The van der Waals surface area contributed by atoms with E-state index in [9.17, 15) is 4.79 Å². The van der Waals surface area contributed by atoms with E-state index in [2.05, 4.69) is 20.6 Å². The number of hydrogen-bond acceptors (Lipinski definition) is 6. The van der Waals surface area contributed by atoms with Crippen molar-refractivity contribution < 1.29 is 9.53 Å². The molecule has 0 radical (unpaired) electrons. The molecule has 142 valence electrons. The minimum atomic E-state index is -0.738. The maximum Gasteiger partial charge on any atom is 0.265 e. The molecule has 0 aliphatic rings. The number of fused-ring (bicyclic) bond motifs is 1. The van der Waals surface area contributed by atoms with E-state index < -0.39 is 6.10 Å². The van der Waals surface area contributed by atoms with Crippen molar-refractivity contribution in [2.75, 3.05) is 5.32 Å². The predicted octanol–water partition coefficient (Wildman–Crippen LogP) is 4.57. The zero-order valence-electron chi connectivity index (χ0n) is 14.5. The lowest BCUT2D eigenvalue weighted by Crippen LogP contribution is -2.30. The molecule has 28 heavy (non-hydrogen) atoms. The Morgan fingerprint density at radius 2 is 2.00 bits per heavy atom. The average molecular weight is 434 g/mol. The summed E-state index contributed by atoms with van der Waals surface area (Å²) in [5, 5.41) is 16.6. The maximum atomic E-state index is 12.4. The van der Waals surface area contributed by atoms with E-state index in [-0.39, 0.29) is 5.91 Å². The largest absolute Gasteiger partial charge is 0.479 e. The Hall–Kier alpha value is -2.68. The van der Waals surface area contributed by atoms with E-state index in [4.69, 9.17) is 27.9 Å². The van der Waals surface area contributed by atoms with Gasteiger partial charge in [-0.15, -0.1) is 10.2 Å². The van der Waals surface area contributed by atoms with Gasteiger partial charge in [0.15, 0.2) is 6.10 Å². The van der Waals surface area contributed by atoms with Gasteiger partial charge in [-0.25, -0.2) is 0 Å². The topological polar surface area (TPSA) is 81.4 Å². The van der Waals surface area contributed by atoms with Crippen LogP contribution >= 0.6 is 34.5 Å². The summed E-state index contributed by atoms with van der Waals surface area (Å²) in [7, 11) is 0. The molecule has 0 aliphatic carbocycles. The molecular formula is C18H13Cl2N5O2S. The van der Waals surface area contributed by atoms with Crippen LogP contribution < -0.4 is 10.1 Å². The van der Waals surface area contributed by atoms with Gasteiger partial charge in [-0.05, 0) is 49.4 Å². The second-order valence-corrected chi connectivity index (χ2v) is 7.67. The molecule has 0 spiro atoms. The molecule has 1 atom stereocenters. The molecule has 0 fully saturated rings. The van der Waals surface area contributed by atoms with E-state index in [0.717, 1.165) is 15.5 Å². The zero-order valence-corrected chi connectivity index (χ0v) is 16.8. The van der Waals surface area contributed by atoms with Crippen molar-refractivity contribution in [1.29, 1.82) is 0 Å². The van der Waals surface area contributed by atoms with Crippen LogP contribution in [0.1, 0.15) is 6.92 Å². The van der Waals surface area contributed by atoms with Gasteiger partial charge in [-0.2, -0.15) is 9.61 Å². The molecule has 2 aromatic heterocycles. The number of carbonyl (C=O) groups is 1. The van der Waals surface area contributed by atoms with Crippen LogP contribution in [0, 0.1) is 0 Å². The number of anilines is 1. The summed E-state index contributed by atoms with van der Waals surface area (Å²) in [6.45, 7) is 1.65. The van der Waals surface area contributed by atoms with Crippen molar-refractivity contribution in [1.82, 2.24) is 19.8 Å². The molecule has 2 aromatic carbocycles. The van der Waals surface area contributed by atoms with E-state index in [1.54, 1.807) is 48.1 Å². The van der Waals surface area contributed by atoms with Gasteiger partial charge >= 0.3 is 0 Å². The quantitative estimate of drug-likeness (QED) is 0.498. The van der Waals surface area contributed by atoms with Gasteiger partial charge in [-0.1, -0.05) is 34.5 Å². The number of nitrogens with zero attached hydrogens (tertiary/aromatic N) is 4. The zero-order chi connectivity index (χ0) is 19.7. The molecular weight excluding hydrogens is 421 g/mol. The number of carbonyl (C=O) groups excluding carboxylic acids is 1. The van der Waals surface area contributed by atoms with E-state index in [0.29, 0.717) is 21.5 Å². The summed E-state index contributed by atoms with van der Waals surface area (Å²) < 4.78 is 7.25. The molecule has 0 bridgehead atoms. The van der Waals surface area contributed by atoms with Crippen LogP contribution in [0.2, 0.25) is 10.0 Å². The number of benzene rings is 2. The molecule has 7 nitrogen and oxygen atoms in total. The molecule has 1 amide bonds. The second-order valence-electron chi connectivity index (χ2n) is 5.87. The molecule has 2 heterocycles. The fourth-order valence-corrected chi connectivity index (χ4v) is 3.71. The number of hydrogen-bond donors (Lipinski definition) is 1. The van der Waals surface area contributed by atoms with Gasteiger partial charge in [0, 0.05) is 16.3 Å².